The number of nitrogens with zero attached hydrogens (tertiary/aromatic N) is 2. The summed E-state index contributed by atoms with van der Waals surface area (Å²) in [6, 6.07) is 3.98. The van der Waals surface area contributed by atoms with Gasteiger partial charge in [0.05, 0.1) is 17.1 Å². The lowest BCUT2D eigenvalue weighted by molar-refractivity contribution is -0.384. The fourth-order valence-electron chi connectivity index (χ4n) is 1.25. The minimum atomic E-state index is -0.560. The Morgan fingerprint density at radius 3 is 2.76 bits per heavy atom. The van der Waals surface area contributed by atoms with E-state index in [1.54, 1.807) is 0 Å². The highest BCUT2D eigenvalue weighted by atomic mass is 79.9. The van der Waals surface area contributed by atoms with Gasteiger partial charge in [-0.1, -0.05) is 0 Å². The lowest BCUT2D eigenvalue weighted by Gasteiger charge is -2.16. The third-order valence-corrected chi connectivity index (χ3v) is 2.86. The van der Waals surface area contributed by atoms with Gasteiger partial charge >= 0.3 is 0 Å². The smallest absolute Gasteiger partial charge is 0.270 e. The molecule has 0 aliphatic carbocycles. The largest absolute Gasteiger partial charge is 0.395 e. The van der Waals surface area contributed by atoms with E-state index in [2.05, 4.69) is 15.9 Å². The molecule has 1 aromatic rings. The van der Waals surface area contributed by atoms with Crippen LogP contribution in [0.4, 0.5) is 5.69 Å². The molecule has 0 saturated carbocycles. The second kappa shape index (κ2) is 5.74. The number of nitro groups is 1. The molecule has 0 aliphatic heterocycles. The number of hydrogen-bond acceptors (Lipinski definition) is 4. The number of benzene rings is 1. The molecule has 0 bridgehead atoms. The number of carbonyl (C=O) groups is 1. The number of amides is 1. The lowest BCUT2D eigenvalue weighted by atomic mass is 10.2. The molecule has 0 fully saturated rings. The molecule has 1 N–H and O–H groups in total. The van der Waals surface area contributed by atoms with Gasteiger partial charge in [0, 0.05) is 30.2 Å². The molecule has 0 unspecified atom stereocenters. The van der Waals surface area contributed by atoms with Gasteiger partial charge in [-0.15, -0.1) is 0 Å². The zero-order valence-corrected chi connectivity index (χ0v) is 10.7. The van der Waals surface area contributed by atoms with Crippen molar-refractivity contribution < 1.29 is 14.8 Å². The Morgan fingerprint density at radius 2 is 2.24 bits per heavy atom. The van der Waals surface area contributed by atoms with Crippen molar-refractivity contribution in [1.29, 1.82) is 0 Å². The number of likely N-dealkylation sites (N-methyl/N-ethyl adjacent to an activating group) is 1. The Labute approximate surface area is 106 Å². The van der Waals surface area contributed by atoms with Crippen molar-refractivity contribution in [2.24, 2.45) is 0 Å². The molecule has 0 spiro atoms. The highest BCUT2D eigenvalue weighted by Gasteiger charge is 2.18. The van der Waals surface area contributed by atoms with Crippen LogP contribution in [0, 0.1) is 10.1 Å². The first-order valence-corrected chi connectivity index (χ1v) is 5.57. The van der Waals surface area contributed by atoms with Crippen LogP contribution in [0.25, 0.3) is 0 Å². The van der Waals surface area contributed by atoms with Gasteiger partial charge in [-0.25, -0.2) is 0 Å². The normalized spacial score (nSPS) is 10.1. The fraction of sp³-hybridized carbons (Fsp3) is 0.300. The summed E-state index contributed by atoms with van der Waals surface area (Å²) < 4.78 is 0.484. The summed E-state index contributed by atoms with van der Waals surface area (Å²) in [6.07, 6.45) is 0. The first-order chi connectivity index (χ1) is 7.97. The first-order valence-electron chi connectivity index (χ1n) is 4.77. The Kier molecular flexibility index (Phi) is 4.59. The summed E-state index contributed by atoms with van der Waals surface area (Å²) in [5.74, 6) is -0.380. The zero-order chi connectivity index (χ0) is 13.0. The monoisotopic (exact) mass is 302 g/mol. The van der Waals surface area contributed by atoms with Crippen molar-refractivity contribution in [3.8, 4) is 0 Å². The number of rotatable bonds is 4. The first kappa shape index (κ1) is 13.6. The van der Waals surface area contributed by atoms with Crippen molar-refractivity contribution in [1.82, 2.24) is 4.90 Å². The van der Waals surface area contributed by atoms with E-state index in [1.807, 2.05) is 0 Å². The Morgan fingerprint density at radius 1 is 1.59 bits per heavy atom. The minimum Gasteiger partial charge on any atom is -0.395 e. The highest BCUT2D eigenvalue weighted by molar-refractivity contribution is 9.10. The average molecular weight is 303 g/mol. The number of hydrogen-bond donors (Lipinski definition) is 1. The van der Waals surface area contributed by atoms with Crippen LogP contribution in [-0.2, 0) is 0 Å². The van der Waals surface area contributed by atoms with Gasteiger partial charge in [-0.2, -0.15) is 0 Å². The Bertz CT molecular complexity index is 450. The molecule has 0 radical (unpaired) electrons. The number of aliphatic hydroxyl groups excluding tert-OH is 1. The number of halogens is 1. The number of carbonyl (C=O) groups excluding carboxylic acids is 1. The fourth-order valence-corrected chi connectivity index (χ4v) is 1.66. The van der Waals surface area contributed by atoms with E-state index in [0.717, 1.165) is 0 Å². The second-order valence-corrected chi connectivity index (χ2v) is 4.23. The number of non-ortho nitro benzene ring substituents is 1. The van der Waals surface area contributed by atoms with Crippen LogP contribution in [0.1, 0.15) is 10.4 Å². The molecular weight excluding hydrogens is 292 g/mol. The van der Waals surface area contributed by atoms with Gasteiger partial charge in [-0.3, -0.25) is 14.9 Å². The van der Waals surface area contributed by atoms with Crippen LogP contribution in [0.5, 0.6) is 0 Å². The van der Waals surface area contributed by atoms with Crippen molar-refractivity contribution in [2.75, 3.05) is 20.2 Å². The summed E-state index contributed by atoms with van der Waals surface area (Å²) in [6.45, 7) is 0.0166. The topological polar surface area (TPSA) is 83.7 Å². The molecule has 0 saturated heterocycles. The van der Waals surface area contributed by atoms with Gasteiger partial charge in [0.2, 0.25) is 0 Å². The maximum absolute atomic E-state index is 11.9. The van der Waals surface area contributed by atoms with Crippen molar-refractivity contribution in [2.45, 2.75) is 0 Å². The molecule has 1 aromatic carbocycles. The van der Waals surface area contributed by atoms with E-state index < -0.39 is 4.92 Å². The zero-order valence-electron chi connectivity index (χ0n) is 9.09. The summed E-state index contributed by atoms with van der Waals surface area (Å²) in [5, 5.41) is 19.3. The predicted octanol–water partition coefficient (Wildman–Crippen LogP) is 1.42. The molecule has 6 nitrogen and oxygen atoms in total. The third kappa shape index (κ3) is 3.24. The third-order valence-electron chi connectivity index (χ3n) is 2.17. The molecular formula is C10H11BrN2O4. The van der Waals surface area contributed by atoms with Gasteiger partial charge in [0.25, 0.3) is 11.6 Å². The van der Waals surface area contributed by atoms with Crippen molar-refractivity contribution in [3.63, 3.8) is 0 Å². The summed E-state index contributed by atoms with van der Waals surface area (Å²) in [4.78, 5) is 23.2. The molecule has 0 heterocycles. The van der Waals surface area contributed by atoms with Crippen LogP contribution in [0.15, 0.2) is 22.7 Å². The van der Waals surface area contributed by atoms with Crippen molar-refractivity contribution in [3.05, 3.63) is 38.3 Å². The maximum atomic E-state index is 11.9. The van der Waals surface area contributed by atoms with Crippen LogP contribution in [0.2, 0.25) is 0 Å². The van der Waals surface area contributed by atoms with Crippen LogP contribution >= 0.6 is 15.9 Å². The Balaban J connectivity index is 3.07. The highest BCUT2D eigenvalue weighted by Crippen LogP contribution is 2.23. The van der Waals surface area contributed by atoms with E-state index in [0.29, 0.717) is 4.47 Å². The number of nitro benzene ring substituents is 1. The second-order valence-electron chi connectivity index (χ2n) is 3.37. The molecule has 1 amide bonds. The molecule has 17 heavy (non-hydrogen) atoms. The Hall–Kier alpha value is -1.47. The van der Waals surface area contributed by atoms with E-state index >= 15 is 0 Å². The predicted molar refractivity (Wildman–Crippen MR) is 64.8 cm³/mol. The minimum absolute atomic E-state index is 0.144. The molecule has 0 aromatic heterocycles. The standard InChI is InChI=1S/C10H11BrN2O4/c1-12(4-5-14)10(15)8-6-7(13(16)17)2-3-9(8)11/h2-3,6,14H,4-5H2,1H3. The average Bonchev–Trinajstić information content (AvgIpc) is 2.28. The van der Waals surface area contributed by atoms with E-state index in [1.165, 1.54) is 30.1 Å². The van der Waals surface area contributed by atoms with Crippen LogP contribution in [0.3, 0.4) is 0 Å². The summed E-state index contributed by atoms with van der Waals surface area (Å²) in [5.41, 5.74) is 0.0594. The van der Waals surface area contributed by atoms with Crippen LogP contribution < -0.4 is 0 Å². The molecule has 7 heteroatoms. The van der Waals surface area contributed by atoms with E-state index in [4.69, 9.17) is 5.11 Å². The van der Waals surface area contributed by atoms with Crippen LogP contribution in [-0.4, -0.2) is 41.0 Å². The summed E-state index contributed by atoms with van der Waals surface area (Å²) >= 11 is 3.17. The quantitative estimate of drug-likeness (QED) is 0.673. The molecule has 92 valence electrons. The maximum Gasteiger partial charge on any atom is 0.270 e. The lowest BCUT2D eigenvalue weighted by Crippen LogP contribution is -2.29. The van der Waals surface area contributed by atoms with Crippen molar-refractivity contribution >= 4 is 27.5 Å². The summed E-state index contributed by atoms with van der Waals surface area (Å²) in [7, 11) is 1.52. The van der Waals surface area contributed by atoms with Gasteiger partial charge in [0.1, 0.15) is 0 Å². The SMILES string of the molecule is CN(CCO)C(=O)c1cc([N+](=O)[O-])ccc1Br. The van der Waals surface area contributed by atoms with Gasteiger partial charge in [-0.05, 0) is 22.0 Å². The van der Waals surface area contributed by atoms with Gasteiger partial charge in [0.15, 0.2) is 0 Å². The molecule has 1 rings (SSSR count). The van der Waals surface area contributed by atoms with Gasteiger partial charge < -0.3 is 10.0 Å². The number of aliphatic hydroxyl groups is 1. The van der Waals surface area contributed by atoms with E-state index in [-0.39, 0.29) is 30.3 Å². The van der Waals surface area contributed by atoms with E-state index in [9.17, 15) is 14.9 Å². The molecule has 0 atom stereocenters. The molecule has 0 aliphatic rings.